The predicted octanol–water partition coefficient (Wildman–Crippen LogP) is -0.00390. The SMILES string of the molecule is NC(=O)CN1CC(Cc2c[nH]c3ccccc23)NCC1=O. The molecule has 110 valence electrons. The number of aromatic nitrogens is 1. The number of nitrogens with one attached hydrogen (secondary N) is 2. The molecule has 6 nitrogen and oxygen atoms in total. The number of hydrogen-bond donors (Lipinski definition) is 3. The number of primary amides is 1. The number of amides is 2. The zero-order valence-corrected chi connectivity index (χ0v) is 11.6. The Kier molecular flexibility index (Phi) is 3.62. The minimum absolute atomic E-state index is 0.00903. The molecule has 1 aromatic heterocycles. The van der Waals surface area contributed by atoms with Crippen LogP contribution in [0.3, 0.4) is 0 Å². The predicted molar refractivity (Wildman–Crippen MR) is 79.6 cm³/mol. The van der Waals surface area contributed by atoms with Gasteiger partial charge in [0.05, 0.1) is 13.1 Å². The lowest BCUT2D eigenvalue weighted by Gasteiger charge is -2.32. The highest BCUT2D eigenvalue weighted by Crippen LogP contribution is 2.19. The molecule has 1 atom stereocenters. The number of carbonyl (C=O) groups excluding carboxylic acids is 2. The summed E-state index contributed by atoms with van der Waals surface area (Å²) in [6, 6.07) is 8.25. The summed E-state index contributed by atoms with van der Waals surface area (Å²) in [6.45, 7) is 0.743. The summed E-state index contributed by atoms with van der Waals surface area (Å²) < 4.78 is 0. The van der Waals surface area contributed by atoms with Crippen molar-refractivity contribution in [1.29, 1.82) is 0 Å². The van der Waals surface area contributed by atoms with Crippen molar-refractivity contribution < 1.29 is 9.59 Å². The molecule has 1 saturated heterocycles. The summed E-state index contributed by atoms with van der Waals surface area (Å²) >= 11 is 0. The van der Waals surface area contributed by atoms with Crippen molar-refractivity contribution in [3.05, 3.63) is 36.0 Å². The van der Waals surface area contributed by atoms with Crippen LogP contribution >= 0.6 is 0 Å². The quantitative estimate of drug-likeness (QED) is 0.738. The highest BCUT2D eigenvalue weighted by Gasteiger charge is 2.26. The molecule has 1 unspecified atom stereocenters. The second-order valence-corrected chi connectivity index (χ2v) is 5.38. The van der Waals surface area contributed by atoms with Gasteiger partial charge in [-0.25, -0.2) is 0 Å². The third-order valence-electron chi connectivity index (χ3n) is 3.82. The molecule has 1 aliphatic rings. The van der Waals surface area contributed by atoms with E-state index in [0.717, 1.165) is 11.9 Å². The first kappa shape index (κ1) is 13.6. The first-order valence-corrected chi connectivity index (χ1v) is 6.98. The van der Waals surface area contributed by atoms with Gasteiger partial charge in [0.25, 0.3) is 0 Å². The molecule has 2 amide bonds. The lowest BCUT2D eigenvalue weighted by Crippen LogP contribution is -2.56. The maximum atomic E-state index is 11.7. The van der Waals surface area contributed by atoms with Crippen molar-refractivity contribution in [3.63, 3.8) is 0 Å². The van der Waals surface area contributed by atoms with Crippen LogP contribution in [0.4, 0.5) is 0 Å². The van der Waals surface area contributed by atoms with Crippen LogP contribution in [0.25, 0.3) is 10.9 Å². The van der Waals surface area contributed by atoms with Crippen LogP contribution in [0.2, 0.25) is 0 Å². The summed E-state index contributed by atoms with van der Waals surface area (Å²) in [4.78, 5) is 27.5. The zero-order valence-electron chi connectivity index (χ0n) is 11.6. The van der Waals surface area contributed by atoms with E-state index in [0.29, 0.717) is 6.54 Å². The van der Waals surface area contributed by atoms with Crippen molar-refractivity contribution in [2.75, 3.05) is 19.6 Å². The molecular formula is C15H18N4O2. The second kappa shape index (κ2) is 5.57. The Morgan fingerprint density at radius 1 is 1.38 bits per heavy atom. The Morgan fingerprint density at radius 3 is 3.00 bits per heavy atom. The number of nitrogens with two attached hydrogens (primary N) is 1. The normalized spacial score (nSPS) is 19.1. The molecule has 6 heteroatoms. The van der Waals surface area contributed by atoms with Gasteiger partial charge in [-0.2, -0.15) is 0 Å². The molecule has 0 radical (unpaired) electrons. The Bertz CT molecular complexity index is 679. The first-order valence-electron chi connectivity index (χ1n) is 6.98. The van der Waals surface area contributed by atoms with E-state index >= 15 is 0 Å². The third-order valence-corrected chi connectivity index (χ3v) is 3.82. The van der Waals surface area contributed by atoms with Gasteiger partial charge in [0.1, 0.15) is 0 Å². The van der Waals surface area contributed by atoms with Crippen molar-refractivity contribution >= 4 is 22.7 Å². The molecular weight excluding hydrogens is 268 g/mol. The van der Waals surface area contributed by atoms with Crippen molar-refractivity contribution in [2.24, 2.45) is 5.73 Å². The van der Waals surface area contributed by atoms with E-state index in [1.54, 1.807) is 0 Å². The van der Waals surface area contributed by atoms with Crippen LogP contribution in [0.15, 0.2) is 30.5 Å². The molecule has 4 N–H and O–H groups in total. The Hall–Kier alpha value is -2.34. The van der Waals surface area contributed by atoms with E-state index in [9.17, 15) is 9.59 Å². The minimum Gasteiger partial charge on any atom is -0.368 e. The van der Waals surface area contributed by atoms with Crippen LogP contribution in [0.1, 0.15) is 5.56 Å². The largest absolute Gasteiger partial charge is 0.368 e. The van der Waals surface area contributed by atoms with E-state index in [4.69, 9.17) is 5.73 Å². The van der Waals surface area contributed by atoms with Gasteiger partial charge in [-0.1, -0.05) is 18.2 Å². The van der Waals surface area contributed by atoms with Crippen molar-refractivity contribution in [3.8, 4) is 0 Å². The molecule has 3 rings (SSSR count). The zero-order chi connectivity index (χ0) is 14.8. The Morgan fingerprint density at radius 2 is 2.19 bits per heavy atom. The molecule has 2 aromatic rings. The van der Waals surface area contributed by atoms with Crippen LogP contribution < -0.4 is 11.1 Å². The van der Waals surface area contributed by atoms with Gasteiger partial charge in [0.15, 0.2) is 0 Å². The fraction of sp³-hybridized carbons (Fsp3) is 0.333. The number of hydrogen-bond acceptors (Lipinski definition) is 3. The van der Waals surface area contributed by atoms with Gasteiger partial charge in [-0.05, 0) is 18.1 Å². The maximum Gasteiger partial charge on any atom is 0.237 e. The van der Waals surface area contributed by atoms with Crippen molar-refractivity contribution in [1.82, 2.24) is 15.2 Å². The molecule has 0 aliphatic carbocycles. The van der Waals surface area contributed by atoms with Crippen LogP contribution in [-0.2, 0) is 16.0 Å². The third kappa shape index (κ3) is 2.90. The molecule has 1 aliphatic heterocycles. The number of aromatic amines is 1. The van der Waals surface area contributed by atoms with Crippen LogP contribution in [0.5, 0.6) is 0 Å². The number of carbonyl (C=O) groups is 2. The number of fused-ring (bicyclic) bond motifs is 1. The summed E-state index contributed by atoms with van der Waals surface area (Å²) in [5, 5.41) is 4.41. The summed E-state index contributed by atoms with van der Waals surface area (Å²) in [5.74, 6) is -0.555. The first-order chi connectivity index (χ1) is 10.1. The number of benzene rings is 1. The average Bonchev–Trinajstić information content (AvgIpc) is 2.85. The van der Waals surface area contributed by atoms with Gasteiger partial charge in [-0.15, -0.1) is 0 Å². The van der Waals surface area contributed by atoms with E-state index in [2.05, 4.69) is 16.4 Å². The summed E-state index contributed by atoms with van der Waals surface area (Å²) in [6.07, 6.45) is 2.80. The smallest absolute Gasteiger partial charge is 0.237 e. The molecule has 1 fully saturated rings. The number of rotatable bonds is 4. The molecule has 0 spiro atoms. The molecule has 1 aromatic carbocycles. The minimum atomic E-state index is -0.476. The van der Waals surface area contributed by atoms with Crippen LogP contribution in [0, 0.1) is 0 Å². The number of nitrogens with zero attached hydrogens (tertiary/aromatic N) is 1. The lowest BCUT2D eigenvalue weighted by molar-refractivity contribution is -0.136. The highest BCUT2D eigenvalue weighted by molar-refractivity contribution is 5.86. The number of piperazine rings is 1. The highest BCUT2D eigenvalue weighted by atomic mass is 16.2. The number of para-hydroxylation sites is 1. The maximum absolute atomic E-state index is 11.7. The van der Waals surface area contributed by atoms with Crippen molar-refractivity contribution in [2.45, 2.75) is 12.5 Å². The van der Waals surface area contributed by atoms with Crippen LogP contribution in [-0.4, -0.2) is 47.4 Å². The Labute approximate surface area is 122 Å². The van der Waals surface area contributed by atoms with Gasteiger partial charge in [0.2, 0.25) is 11.8 Å². The van der Waals surface area contributed by atoms with E-state index in [1.165, 1.54) is 15.8 Å². The fourth-order valence-corrected chi connectivity index (χ4v) is 2.82. The standard InChI is InChI=1S/C15H18N4O2/c16-14(20)9-19-8-11(17-7-15(19)21)5-10-6-18-13-4-2-1-3-12(10)13/h1-4,6,11,17-18H,5,7-9H2,(H2,16,20). The number of H-pyrrole nitrogens is 1. The molecule has 2 heterocycles. The van der Waals surface area contributed by atoms with E-state index in [-0.39, 0.29) is 25.0 Å². The molecule has 0 saturated carbocycles. The van der Waals surface area contributed by atoms with Gasteiger partial charge < -0.3 is 20.9 Å². The summed E-state index contributed by atoms with van der Waals surface area (Å²) in [7, 11) is 0. The topological polar surface area (TPSA) is 91.2 Å². The molecule has 0 bridgehead atoms. The second-order valence-electron chi connectivity index (χ2n) is 5.38. The van der Waals surface area contributed by atoms with E-state index in [1.807, 2.05) is 24.4 Å². The molecule has 21 heavy (non-hydrogen) atoms. The van der Waals surface area contributed by atoms with Gasteiger partial charge >= 0.3 is 0 Å². The van der Waals surface area contributed by atoms with Gasteiger partial charge in [-0.3, -0.25) is 9.59 Å². The summed E-state index contributed by atoms with van der Waals surface area (Å²) in [5.41, 5.74) is 7.49. The lowest BCUT2D eigenvalue weighted by atomic mass is 10.0. The monoisotopic (exact) mass is 286 g/mol. The van der Waals surface area contributed by atoms with E-state index < -0.39 is 5.91 Å². The van der Waals surface area contributed by atoms with Gasteiger partial charge in [0, 0.05) is 29.7 Å². The average molecular weight is 286 g/mol. The Balaban J connectivity index is 1.73. The fourth-order valence-electron chi connectivity index (χ4n) is 2.82.